The Morgan fingerprint density at radius 1 is 0.812 bits per heavy atom. The second-order valence-corrected chi connectivity index (χ2v) is 12.3. The zero-order valence-corrected chi connectivity index (χ0v) is 20.0. The normalized spacial score (nSPS) is 13.2. The Hall–Kier alpha value is -1.20. The summed E-state index contributed by atoms with van der Waals surface area (Å²) in [5.41, 5.74) is -6.04. The maximum atomic E-state index is 12.6. The third-order valence-electron chi connectivity index (χ3n) is 3.24. The topological polar surface area (TPSA) is 144 Å². The van der Waals surface area contributed by atoms with Crippen LogP contribution in [-0.2, 0) is 30.2 Å². The van der Waals surface area contributed by atoms with E-state index in [4.69, 9.17) is 46.4 Å². The maximum absolute atomic E-state index is 12.6. The minimum absolute atomic E-state index is 0.303. The number of nitrogens with one attached hydrogen (secondary N) is 1. The van der Waals surface area contributed by atoms with Crippen molar-refractivity contribution < 1.29 is 47.7 Å². The Morgan fingerprint density at radius 2 is 1.28 bits per heavy atom. The molecule has 19 heteroatoms. The molecule has 2 aromatic rings. The van der Waals surface area contributed by atoms with Gasteiger partial charge in [0, 0.05) is 10.0 Å². The first-order valence-electron chi connectivity index (χ1n) is 7.25. The highest BCUT2D eigenvalue weighted by molar-refractivity contribution is 8.05. The van der Waals surface area contributed by atoms with E-state index < -0.39 is 72.0 Å². The monoisotopic (exact) mass is 597 g/mol. The van der Waals surface area contributed by atoms with E-state index in [0.717, 1.165) is 12.1 Å². The van der Waals surface area contributed by atoms with E-state index in [0.29, 0.717) is 16.3 Å². The smallest absolute Gasteiger partial charge is 0.505 e. The van der Waals surface area contributed by atoms with Crippen LogP contribution in [-0.4, -0.2) is 35.9 Å². The predicted octanol–water partition coefficient (Wildman–Crippen LogP) is 3.90. The summed E-state index contributed by atoms with van der Waals surface area (Å²) in [6.45, 7) is 0. The lowest BCUT2D eigenvalue weighted by Gasteiger charge is -2.16. The highest BCUT2D eigenvalue weighted by Crippen LogP contribution is 2.40. The molecular weight excluding hydrogens is 593 g/mol. The van der Waals surface area contributed by atoms with Crippen molar-refractivity contribution in [3.63, 3.8) is 0 Å². The lowest BCUT2D eigenvalue weighted by molar-refractivity contribution is -0.0441. The van der Waals surface area contributed by atoms with E-state index in [1.807, 2.05) is 0 Å². The molecule has 0 spiro atoms. The molecule has 32 heavy (non-hydrogen) atoms. The minimum atomic E-state index is -6.46. The number of aromatic hydroxyl groups is 1. The Labute approximate surface area is 198 Å². The van der Waals surface area contributed by atoms with Crippen molar-refractivity contribution in [2.24, 2.45) is 0 Å². The summed E-state index contributed by atoms with van der Waals surface area (Å²) in [5, 5.41) is 7.62. The average molecular weight is 599 g/mol. The number of phenols is 1. The van der Waals surface area contributed by atoms with Crippen LogP contribution in [0.15, 0.2) is 34.1 Å². The van der Waals surface area contributed by atoms with Gasteiger partial charge >= 0.3 is 25.6 Å². The molecule has 2 N–H and O–H groups in total. The van der Waals surface area contributed by atoms with Gasteiger partial charge in [-0.1, -0.05) is 50.5 Å². The third-order valence-corrected chi connectivity index (χ3v) is 8.73. The largest absolute Gasteiger partial charge is 0.512 e. The number of rotatable bonds is 6. The van der Waals surface area contributed by atoms with Gasteiger partial charge in [-0.05, 0) is 24.3 Å². The van der Waals surface area contributed by atoms with Gasteiger partial charge in [-0.25, -0.2) is 16.8 Å². The minimum Gasteiger partial charge on any atom is -0.505 e. The molecule has 0 saturated heterocycles. The lowest BCUT2D eigenvalue weighted by atomic mass is 10.3. The van der Waals surface area contributed by atoms with Gasteiger partial charge in [-0.2, -0.15) is 21.6 Å². The predicted molar refractivity (Wildman–Crippen MR) is 108 cm³/mol. The van der Waals surface area contributed by atoms with E-state index in [1.54, 1.807) is 0 Å². The van der Waals surface area contributed by atoms with Gasteiger partial charge in [-0.15, -0.1) is 0 Å². The Balaban J connectivity index is 2.70. The molecule has 0 amide bonds. The molecule has 9 nitrogen and oxygen atoms in total. The van der Waals surface area contributed by atoms with Gasteiger partial charge < -0.3 is 9.29 Å². The lowest BCUT2D eigenvalue weighted by Crippen LogP contribution is -2.40. The van der Waals surface area contributed by atoms with Crippen LogP contribution in [0.1, 0.15) is 0 Å². The third kappa shape index (κ3) is 5.64. The highest BCUT2D eigenvalue weighted by atomic mass is 35.5. The van der Waals surface area contributed by atoms with Crippen molar-refractivity contribution in [1.29, 1.82) is 0 Å². The summed E-state index contributed by atoms with van der Waals surface area (Å²) in [5.74, 6) is -2.40. The fourth-order valence-corrected chi connectivity index (χ4v) is 6.98. The number of hydrogen-bond donors (Lipinski definition) is 2. The van der Waals surface area contributed by atoms with Crippen molar-refractivity contribution in [1.82, 2.24) is 4.13 Å². The molecule has 0 heterocycles. The van der Waals surface area contributed by atoms with Crippen LogP contribution in [0.25, 0.3) is 0 Å². The zero-order valence-electron chi connectivity index (χ0n) is 14.5. The molecule has 0 radical (unpaired) electrons. The maximum Gasteiger partial charge on any atom is 0.512 e. The SMILES string of the molecule is O=S(=O)(NS(=O)(=O)C(F)(F)F)c1cc(Cl)cc(Cl)c1OS(=O)(=O)c1cc(Cl)cc(Cl)c1O. The number of benzene rings is 2. The molecule has 0 aromatic heterocycles. The summed E-state index contributed by atoms with van der Waals surface area (Å²) in [6.07, 6.45) is 0. The Bertz CT molecular complexity index is 1410. The quantitative estimate of drug-likeness (QED) is 0.476. The number of hydrogen-bond acceptors (Lipinski definition) is 8. The average Bonchev–Trinajstić information content (AvgIpc) is 2.58. The van der Waals surface area contributed by atoms with Crippen LogP contribution < -0.4 is 8.31 Å². The molecule has 2 rings (SSSR count). The number of phenolic OH excluding ortho intramolecular Hbond substituents is 1. The summed E-state index contributed by atoms with van der Waals surface area (Å²) >= 11 is 22.6. The van der Waals surface area contributed by atoms with Crippen LogP contribution in [0.2, 0.25) is 20.1 Å². The second kappa shape index (κ2) is 8.87. The van der Waals surface area contributed by atoms with E-state index in [-0.39, 0.29) is 5.02 Å². The first-order chi connectivity index (χ1) is 14.3. The van der Waals surface area contributed by atoms with Gasteiger partial charge in [-0.3, -0.25) is 0 Å². The standard InChI is InChI=1S/C13H6Cl4F3NO8S3/c14-5-1-7(16)11(22)9(3-5)31(25,26)29-12-8(17)2-6(15)4-10(12)30(23,24)21-32(27,28)13(18,19)20/h1-4,21-22H. The van der Waals surface area contributed by atoms with E-state index in [9.17, 15) is 43.5 Å². The van der Waals surface area contributed by atoms with Gasteiger partial charge in [0.05, 0.1) is 10.0 Å². The molecule has 2 aromatic carbocycles. The van der Waals surface area contributed by atoms with Crippen LogP contribution >= 0.6 is 46.4 Å². The molecule has 0 aliphatic rings. The molecular formula is C13H6Cl4F3NO8S3. The molecule has 0 atom stereocenters. The highest BCUT2D eigenvalue weighted by Gasteiger charge is 2.49. The van der Waals surface area contributed by atoms with Crippen LogP contribution in [0.4, 0.5) is 13.2 Å². The van der Waals surface area contributed by atoms with Gasteiger partial charge in [0.1, 0.15) is 4.90 Å². The summed E-state index contributed by atoms with van der Waals surface area (Å²) < 4.78 is 115. The van der Waals surface area contributed by atoms with Gasteiger partial charge in [0.2, 0.25) is 0 Å². The van der Waals surface area contributed by atoms with E-state index in [2.05, 4.69) is 4.18 Å². The van der Waals surface area contributed by atoms with Crippen LogP contribution in [0.5, 0.6) is 11.5 Å². The number of alkyl halides is 3. The summed E-state index contributed by atoms with van der Waals surface area (Å²) in [4.78, 5) is -2.56. The van der Waals surface area contributed by atoms with E-state index >= 15 is 0 Å². The molecule has 0 bridgehead atoms. The van der Waals surface area contributed by atoms with Crippen LogP contribution in [0.3, 0.4) is 0 Å². The first kappa shape index (κ1) is 27.0. The molecule has 178 valence electrons. The van der Waals surface area contributed by atoms with E-state index in [1.165, 1.54) is 0 Å². The van der Waals surface area contributed by atoms with Crippen molar-refractivity contribution >= 4 is 76.6 Å². The first-order valence-corrected chi connectivity index (χ1v) is 13.1. The van der Waals surface area contributed by atoms with Crippen LogP contribution in [0, 0.1) is 0 Å². The van der Waals surface area contributed by atoms with Crippen molar-refractivity contribution in [3.8, 4) is 11.5 Å². The van der Waals surface area contributed by atoms with Gasteiger partial charge in [0.25, 0.3) is 10.0 Å². The summed E-state index contributed by atoms with van der Waals surface area (Å²) in [6, 6.07) is 2.73. The molecule has 0 fully saturated rings. The Morgan fingerprint density at radius 3 is 1.78 bits per heavy atom. The molecule has 0 saturated carbocycles. The molecule has 0 aliphatic carbocycles. The van der Waals surface area contributed by atoms with Crippen molar-refractivity contribution in [2.75, 3.05) is 0 Å². The second-order valence-electron chi connectivity index (χ2n) is 5.52. The van der Waals surface area contributed by atoms with Crippen molar-refractivity contribution in [3.05, 3.63) is 44.4 Å². The molecule has 0 unspecified atom stereocenters. The molecule has 0 aliphatic heterocycles. The number of halogens is 7. The fraction of sp³-hybridized carbons (Fsp3) is 0.0769. The number of sulfonamides is 2. The Kier molecular flexibility index (Phi) is 7.49. The van der Waals surface area contributed by atoms with Gasteiger partial charge in [0.15, 0.2) is 16.4 Å². The van der Waals surface area contributed by atoms with Crippen molar-refractivity contribution in [2.45, 2.75) is 15.3 Å². The fourth-order valence-electron chi connectivity index (χ4n) is 1.94. The zero-order chi connectivity index (χ0) is 24.9. The summed E-state index contributed by atoms with van der Waals surface area (Å²) in [7, 11) is -17.3.